The summed E-state index contributed by atoms with van der Waals surface area (Å²) in [6, 6.07) is 7.88. The molecule has 1 fully saturated rings. The lowest BCUT2D eigenvalue weighted by Gasteiger charge is -2.25. The minimum absolute atomic E-state index is 0.0172. The van der Waals surface area contributed by atoms with Crippen LogP contribution >= 0.6 is 7.60 Å². The van der Waals surface area contributed by atoms with E-state index < -0.39 is 43.6 Å². The summed E-state index contributed by atoms with van der Waals surface area (Å²) in [6.07, 6.45) is -1.27. The van der Waals surface area contributed by atoms with Crippen LogP contribution in [0.5, 0.6) is 0 Å². The Morgan fingerprint density at radius 3 is 2.41 bits per heavy atom. The highest BCUT2D eigenvalue weighted by molar-refractivity contribution is 7.54. The molecule has 0 saturated carbocycles. The van der Waals surface area contributed by atoms with Crippen LogP contribution in [-0.2, 0) is 39.3 Å². The third kappa shape index (κ3) is 6.13. The molecule has 1 aromatic rings. The third-order valence-electron chi connectivity index (χ3n) is 4.35. The summed E-state index contributed by atoms with van der Waals surface area (Å²) < 4.78 is 33.1. The lowest BCUT2D eigenvalue weighted by atomic mass is 9.97. The number of benzene rings is 1. The fraction of sp³-hybridized carbons (Fsp3) is 0.526. The van der Waals surface area contributed by atoms with Crippen LogP contribution in [0.4, 0.5) is 4.79 Å². The maximum Gasteiger partial charge on any atom is 0.413 e. The molecule has 1 aliphatic heterocycles. The molecule has 1 aromatic carbocycles. The third-order valence-corrected chi connectivity index (χ3v) is 6.35. The number of esters is 1. The minimum atomic E-state index is -3.62. The molecular formula is C19H26NO8P. The van der Waals surface area contributed by atoms with Crippen LogP contribution in [0.1, 0.15) is 26.3 Å². The van der Waals surface area contributed by atoms with E-state index in [4.69, 9.17) is 18.5 Å². The number of carbonyl (C=O) groups excluding carboxylic acids is 3. The van der Waals surface area contributed by atoms with Gasteiger partial charge in [0.1, 0.15) is 24.6 Å². The van der Waals surface area contributed by atoms with Gasteiger partial charge in [-0.3, -0.25) is 14.3 Å². The summed E-state index contributed by atoms with van der Waals surface area (Å²) in [6.45, 7) is 4.67. The molecule has 0 aliphatic carbocycles. The maximum atomic E-state index is 12.7. The first-order valence-electron chi connectivity index (χ1n) is 9.36. The van der Waals surface area contributed by atoms with Crippen LogP contribution < -0.4 is 0 Å². The Bertz CT molecular complexity index is 759. The van der Waals surface area contributed by atoms with Gasteiger partial charge in [0.15, 0.2) is 6.73 Å². The van der Waals surface area contributed by atoms with E-state index in [9.17, 15) is 18.9 Å². The van der Waals surface area contributed by atoms with Gasteiger partial charge < -0.3 is 18.5 Å². The Labute approximate surface area is 169 Å². The van der Waals surface area contributed by atoms with Crippen molar-refractivity contribution < 1.29 is 37.5 Å². The number of amides is 1. The van der Waals surface area contributed by atoms with Gasteiger partial charge in [0.05, 0.1) is 13.2 Å². The minimum Gasteiger partial charge on any atom is -0.444 e. The zero-order valence-corrected chi connectivity index (χ0v) is 17.6. The van der Waals surface area contributed by atoms with Crippen LogP contribution in [0, 0.1) is 5.92 Å². The molecular weight excluding hydrogens is 401 g/mol. The predicted octanol–water partition coefficient (Wildman–Crippen LogP) is 2.98. The van der Waals surface area contributed by atoms with E-state index in [2.05, 4.69) is 0 Å². The summed E-state index contributed by atoms with van der Waals surface area (Å²) >= 11 is 0. The molecule has 29 heavy (non-hydrogen) atoms. The summed E-state index contributed by atoms with van der Waals surface area (Å²) in [5.74, 6) is -2.21. The van der Waals surface area contributed by atoms with Crippen LogP contribution in [0.2, 0.25) is 0 Å². The first kappa shape index (κ1) is 23.1. The van der Waals surface area contributed by atoms with Crippen molar-refractivity contribution in [2.45, 2.75) is 33.4 Å². The second-order valence-corrected chi connectivity index (χ2v) is 8.46. The first-order valence-corrected chi connectivity index (χ1v) is 11.1. The fourth-order valence-electron chi connectivity index (χ4n) is 2.90. The van der Waals surface area contributed by atoms with Gasteiger partial charge in [-0.25, -0.2) is 9.59 Å². The molecule has 0 aromatic heterocycles. The van der Waals surface area contributed by atoms with E-state index in [0.717, 1.165) is 10.5 Å². The molecule has 10 heteroatoms. The Morgan fingerprint density at radius 1 is 1.21 bits per heavy atom. The number of cyclic esters (lactones) is 1. The molecule has 0 N–H and O–H groups in total. The molecule has 9 nitrogen and oxygen atoms in total. The average molecular weight is 427 g/mol. The number of rotatable bonds is 10. The molecule has 1 aliphatic rings. The Morgan fingerprint density at radius 2 is 1.83 bits per heavy atom. The summed E-state index contributed by atoms with van der Waals surface area (Å²) in [5.41, 5.74) is 0.780. The van der Waals surface area contributed by atoms with Gasteiger partial charge in [-0.2, -0.15) is 0 Å². The summed E-state index contributed by atoms with van der Waals surface area (Å²) in [7, 11) is -3.62. The maximum absolute atomic E-state index is 12.7. The summed E-state index contributed by atoms with van der Waals surface area (Å²) in [4.78, 5) is 38.3. The predicted molar refractivity (Wildman–Crippen MR) is 103 cm³/mol. The highest BCUT2D eigenvalue weighted by Gasteiger charge is 2.46. The van der Waals surface area contributed by atoms with Gasteiger partial charge in [0, 0.05) is 5.92 Å². The second kappa shape index (κ2) is 10.5. The molecule has 1 heterocycles. The Kier molecular flexibility index (Phi) is 8.37. The molecule has 1 amide bonds. The van der Waals surface area contributed by atoms with Crippen molar-refractivity contribution in [2.24, 2.45) is 5.92 Å². The number of hydrogen-bond acceptors (Lipinski definition) is 8. The number of carbonyl (C=O) groups is 3. The molecule has 1 saturated heterocycles. The van der Waals surface area contributed by atoms with Crippen molar-refractivity contribution in [3.63, 3.8) is 0 Å². The Hall–Kier alpha value is -2.22. The largest absolute Gasteiger partial charge is 0.444 e. The molecule has 2 rings (SSSR count). The first-order chi connectivity index (χ1) is 13.8. The topological polar surface area (TPSA) is 108 Å². The van der Waals surface area contributed by atoms with Crippen LogP contribution in [0.3, 0.4) is 0 Å². The van der Waals surface area contributed by atoms with Crippen molar-refractivity contribution >= 4 is 25.4 Å². The van der Waals surface area contributed by atoms with E-state index in [1.165, 1.54) is 6.92 Å². The molecule has 2 unspecified atom stereocenters. The van der Waals surface area contributed by atoms with Gasteiger partial charge in [-0.05, 0) is 19.4 Å². The zero-order valence-electron chi connectivity index (χ0n) is 16.7. The van der Waals surface area contributed by atoms with Crippen LogP contribution in [0.15, 0.2) is 30.3 Å². The highest BCUT2D eigenvalue weighted by atomic mass is 31.2. The average Bonchev–Trinajstić information content (AvgIpc) is 3.08. The van der Waals surface area contributed by atoms with E-state index in [1.807, 2.05) is 18.2 Å². The number of ether oxygens (including phenoxy) is 2. The number of ketones is 1. The fourth-order valence-corrected chi connectivity index (χ4v) is 4.62. The number of Topliss-reactive ketones (excluding diaryl/α,β-unsaturated/α-hetero) is 1. The monoisotopic (exact) mass is 427 g/mol. The lowest BCUT2D eigenvalue weighted by molar-refractivity contribution is -0.141. The molecule has 160 valence electrons. The van der Waals surface area contributed by atoms with Gasteiger partial charge in [0.25, 0.3) is 0 Å². The SMILES string of the molecule is CCOP(=O)(CC(=O)C(C)C1C(=O)OCN1C(=O)OCc1ccccc1)OCC. The molecule has 2 atom stereocenters. The van der Waals surface area contributed by atoms with Crippen molar-refractivity contribution in [2.75, 3.05) is 26.1 Å². The van der Waals surface area contributed by atoms with Gasteiger partial charge >= 0.3 is 19.7 Å². The van der Waals surface area contributed by atoms with Gasteiger partial charge in [-0.15, -0.1) is 0 Å². The van der Waals surface area contributed by atoms with Crippen molar-refractivity contribution in [1.82, 2.24) is 4.90 Å². The molecule has 0 bridgehead atoms. The standard InChI is InChI=1S/C19H26NO8P/c1-4-27-29(24,28-5-2)12-16(21)14(3)17-18(22)26-13-20(17)19(23)25-11-15-9-7-6-8-10-15/h6-10,14,17H,4-5,11-13H2,1-3H3. The van der Waals surface area contributed by atoms with Crippen LogP contribution in [-0.4, -0.2) is 54.9 Å². The smallest absolute Gasteiger partial charge is 0.413 e. The van der Waals surface area contributed by atoms with Gasteiger partial charge in [0.2, 0.25) is 0 Å². The van der Waals surface area contributed by atoms with Crippen molar-refractivity contribution in [3.05, 3.63) is 35.9 Å². The lowest BCUT2D eigenvalue weighted by Crippen LogP contribution is -2.45. The van der Waals surface area contributed by atoms with Crippen molar-refractivity contribution in [1.29, 1.82) is 0 Å². The van der Waals surface area contributed by atoms with E-state index >= 15 is 0 Å². The quantitative estimate of drug-likeness (QED) is 0.414. The zero-order chi connectivity index (χ0) is 21.4. The second-order valence-electron chi connectivity index (χ2n) is 6.41. The van der Waals surface area contributed by atoms with Crippen molar-refractivity contribution in [3.8, 4) is 0 Å². The number of nitrogens with zero attached hydrogens (tertiary/aromatic N) is 1. The van der Waals surface area contributed by atoms with Crippen LogP contribution in [0.25, 0.3) is 0 Å². The number of hydrogen-bond donors (Lipinski definition) is 0. The van der Waals surface area contributed by atoms with E-state index in [1.54, 1.807) is 26.0 Å². The van der Waals surface area contributed by atoms with E-state index in [0.29, 0.717) is 0 Å². The molecule has 0 spiro atoms. The van der Waals surface area contributed by atoms with E-state index in [-0.39, 0.29) is 26.6 Å². The van der Waals surface area contributed by atoms with Gasteiger partial charge in [-0.1, -0.05) is 37.3 Å². The highest BCUT2D eigenvalue weighted by Crippen LogP contribution is 2.48. The Balaban J connectivity index is 2.05. The molecule has 0 radical (unpaired) electrons. The normalized spacial score (nSPS) is 17.7. The summed E-state index contributed by atoms with van der Waals surface area (Å²) in [5, 5.41) is 0.